The summed E-state index contributed by atoms with van der Waals surface area (Å²) in [6.45, 7) is 6.30. The summed E-state index contributed by atoms with van der Waals surface area (Å²) in [4.78, 5) is 36.7. The predicted octanol–water partition coefficient (Wildman–Crippen LogP) is 0.238. The Balaban J connectivity index is 1.66. The number of carboxylic acids is 1. The largest absolute Gasteiger partial charge is 0.550 e. The molecule has 0 spiro atoms. The number of allylic oxidation sites excluding steroid dienone is 2. The van der Waals surface area contributed by atoms with Gasteiger partial charge >= 0.3 is 0 Å². The van der Waals surface area contributed by atoms with E-state index >= 15 is 0 Å². The molecule has 2 atom stereocenters. The van der Waals surface area contributed by atoms with Gasteiger partial charge in [-0.1, -0.05) is 11.1 Å². The number of aliphatic carboxylic acids is 1. The van der Waals surface area contributed by atoms with Crippen LogP contribution in [0.3, 0.4) is 0 Å². The smallest absolute Gasteiger partial charge is 0.226 e. The topological polar surface area (TPSA) is 89.5 Å². The molecule has 1 aromatic heterocycles. The number of carbonyl (C=O) groups excluding carboxylic acids is 2. The van der Waals surface area contributed by atoms with Gasteiger partial charge in [0.2, 0.25) is 11.9 Å². The molecule has 0 saturated carbocycles. The lowest BCUT2D eigenvalue weighted by Gasteiger charge is -2.40. The summed E-state index contributed by atoms with van der Waals surface area (Å²) in [5.41, 5.74) is 2.18. The summed E-state index contributed by atoms with van der Waals surface area (Å²) in [6, 6.07) is 1.77. The third-order valence-corrected chi connectivity index (χ3v) is 5.31. The normalized spacial score (nSPS) is 24.4. The molecule has 0 N–H and O–H groups in total. The number of amides is 1. The van der Waals surface area contributed by atoms with Crippen LogP contribution in [-0.2, 0) is 9.59 Å². The van der Waals surface area contributed by atoms with Gasteiger partial charge in [-0.3, -0.25) is 4.79 Å². The number of aromatic nitrogens is 2. The van der Waals surface area contributed by atoms with E-state index in [-0.39, 0.29) is 5.91 Å². The average Bonchev–Trinajstić information content (AvgIpc) is 2.63. The highest BCUT2D eigenvalue weighted by molar-refractivity contribution is 5.85. The molecule has 1 amide bonds. The number of rotatable bonds is 3. The quantitative estimate of drug-likeness (QED) is 0.730. The van der Waals surface area contributed by atoms with E-state index in [1.165, 1.54) is 0 Å². The van der Waals surface area contributed by atoms with Gasteiger partial charge in [-0.05, 0) is 32.8 Å². The first-order chi connectivity index (χ1) is 12.0. The Bertz CT molecular complexity index is 681. The molecule has 1 saturated heterocycles. The minimum Gasteiger partial charge on any atom is -0.550 e. The second-order valence-electron chi connectivity index (χ2n) is 6.86. The van der Waals surface area contributed by atoms with E-state index in [9.17, 15) is 14.7 Å². The Morgan fingerprint density at radius 2 is 1.56 bits per heavy atom. The minimum atomic E-state index is -1.12. The van der Waals surface area contributed by atoms with Gasteiger partial charge in [0.05, 0.1) is 5.92 Å². The molecule has 2 heterocycles. The molecule has 3 rings (SSSR count). The van der Waals surface area contributed by atoms with Crippen LogP contribution in [0.15, 0.2) is 29.6 Å². The minimum absolute atomic E-state index is 0.0744. The fourth-order valence-corrected chi connectivity index (χ4v) is 3.62. The van der Waals surface area contributed by atoms with Gasteiger partial charge in [0.1, 0.15) is 0 Å². The summed E-state index contributed by atoms with van der Waals surface area (Å²) < 4.78 is 0. The molecule has 134 valence electrons. The second kappa shape index (κ2) is 7.21. The number of hydrogen-bond donors (Lipinski definition) is 0. The van der Waals surface area contributed by atoms with Gasteiger partial charge in [-0.2, -0.15) is 0 Å². The zero-order valence-electron chi connectivity index (χ0n) is 14.6. The van der Waals surface area contributed by atoms with Crippen molar-refractivity contribution in [1.82, 2.24) is 14.9 Å². The zero-order chi connectivity index (χ0) is 18.0. The van der Waals surface area contributed by atoms with Crippen LogP contribution >= 0.6 is 0 Å². The molecule has 7 heteroatoms. The maximum Gasteiger partial charge on any atom is 0.226 e. The lowest BCUT2D eigenvalue weighted by Crippen LogP contribution is -2.53. The molecule has 2 aliphatic rings. The SMILES string of the molecule is CC1=C(C)C[C@H](C(=O)N2CCN(c3ncccn3)CC2)[C@@H](C(=O)[O-])C1. The highest BCUT2D eigenvalue weighted by atomic mass is 16.4. The van der Waals surface area contributed by atoms with Crippen LogP contribution in [0, 0.1) is 11.8 Å². The van der Waals surface area contributed by atoms with Crippen LogP contribution in [0.2, 0.25) is 0 Å². The van der Waals surface area contributed by atoms with Crippen LogP contribution in [0.25, 0.3) is 0 Å². The zero-order valence-corrected chi connectivity index (χ0v) is 14.6. The van der Waals surface area contributed by atoms with Crippen molar-refractivity contribution in [3.63, 3.8) is 0 Å². The van der Waals surface area contributed by atoms with Crippen molar-refractivity contribution < 1.29 is 14.7 Å². The fraction of sp³-hybridized carbons (Fsp3) is 0.556. The number of hydrogen-bond acceptors (Lipinski definition) is 6. The summed E-state index contributed by atoms with van der Waals surface area (Å²) in [5.74, 6) is -1.79. The van der Waals surface area contributed by atoms with Gasteiger partial charge in [0.25, 0.3) is 0 Å². The second-order valence-corrected chi connectivity index (χ2v) is 6.86. The van der Waals surface area contributed by atoms with Crippen molar-refractivity contribution in [2.24, 2.45) is 11.8 Å². The van der Waals surface area contributed by atoms with Crippen molar-refractivity contribution in [2.75, 3.05) is 31.1 Å². The predicted molar refractivity (Wildman–Crippen MR) is 90.4 cm³/mol. The van der Waals surface area contributed by atoms with E-state index in [0.717, 1.165) is 11.1 Å². The fourth-order valence-electron chi connectivity index (χ4n) is 3.62. The molecule has 25 heavy (non-hydrogen) atoms. The molecular weight excluding hydrogens is 320 g/mol. The van der Waals surface area contributed by atoms with Gasteiger partial charge in [-0.15, -0.1) is 0 Å². The molecule has 1 aliphatic carbocycles. The van der Waals surface area contributed by atoms with Crippen molar-refractivity contribution in [3.05, 3.63) is 29.6 Å². The molecule has 1 fully saturated rings. The number of nitrogens with zero attached hydrogens (tertiary/aromatic N) is 4. The van der Waals surface area contributed by atoms with Gasteiger partial charge in [0.15, 0.2) is 0 Å². The van der Waals surface area contributed by atoms with Crippen molar-refractivity contribution in [2.45, 2.75) is 26.7 Å². The van der Waals surface area contributed by atoms with Gasteiger partial charge < -0.3 is 19.7 Å². The molecule has 1 aromatic rings. The van der Waals surface area contributed by atoms with Crippen molar-refractivity contribution in [1.29, 1.82) is 0 Å². The molecule has 0 radical (unpaired) electrons. The Morgan fingerprint density at radius 3 is 2.12 bits per heavy atom. The van der Waals surface area contributed by atoms with Crippen LogP contribution in [-0.4, -0.2) is 52.9 Å². The third-order valence-electron chi connectivity index (χ3n) is 5.31. The van der Waals surface area contributed by atoms with Gasteiger partial charge in [0, 0.05) is 50.5 Å². The van der Waals surface area contributed by atoms with E-state index in [2.05, 4.69) is 9.97 Å². The first kappa shape index (κ1) is 17.4. The highest BCUT2D eigenvalue weighted by Gasteiger charge is 2.36. The lowest BCUT2D eigenvalue weighted by molar-refractivity contribution is -0.313. The van der Waals surface area contributed by atoms with Crippen molar-refractivity contribution >= 4 is 17.8 Å². The highest BCUT2D eigenvalue weighted by Crippen LogP contribution is 2.35. The molecule has 0 aromatic carbocycles. The number of carbonyl (C=O) groups is 2. The average molecular weight is 343 g/mol. The van der Waals surface area contributed by atoms with Gasteiger partial charge in [-0.25, -0.2) is 9.97 Å². The summed E-state index contributed by atoms with van der Waals surface area (Å²) >= 11 is 0. The molecule has 7 nitrogen and oxygen atoms in total. The van der Waals surface area contributed by atoms with Crippen LogP contribution in [0.4, 0.5) is 5.95 Å². The van der Waals surface area contributed by atoms with E-state index in [1.54, 1.807) is 23.4 Å². The number of anilines is 1. The Hall–Kier alpha value is -2.44. The van der Waals surface area contributed by atoms with Crippen LogP contribution < -0.4 is 10.0 Å². The Labute approximate surface area is 147 Å². The molecule has 0 bridgehead atoms. The Morgan fingerprint density at radius 1 is 1.00 bits per heavy atom. The van der Waals surface area contributed by atoms with E-state index in [0.29, 0.717) is 45.0 Å². The van der Waals surface area contributed by atoms with E-state index in [1.807, 2.05) is 18.7 Å². The van der Waals surface area contributed by atoms with Crippen LogP contribution in [0.1, 0.15) is 26.7 Å². The first-order valence-electron chi connectivity index (χ1n) is 8.64. The van der Waals surface area contributed by atoms with E-state index in [4.69, 9.17) is 0 Å². The third kappa shape index (κ3) is 3.65. The summed E-state index contributed by atoms with van der Waals surface area (Å²) in [6.07, 6.45) is 4.31. The van der Waals surface area contributed by atoms with E-state index < -0.39 is 17.8 Å². The standard InChI is InChI=1S/C18H24N4O3/c1-12-10-14(15(17(24)25)11-13(12)2)16(23)21-6-8-22(9-7-21)18-19-4-3-5-20-18/h3-5,14-15H,6-11H2,1-2H3,(H,24,25)/p-1/t14-,15-/m0/s1. The van der Waals surface area contributed by atoms with Crippen molar-refractivity contribution in [3.8, 4) is 0 Å². The molecule has 0 unspecified atom stereocenters. The maximum absolute atomic E-state index is 12.9. The monoisotopic (exact) mass is 343 g/mol. The Kier molecular flexibility index (Phi) is 5.01. The molecule has 1 aliphatic heterocycles. The maximum atomic E-state index is 12.9. The first-order valence-corrected chi connectivity index (χ1v) is 8.64. The summed E-state index contributed by atoms with van der Waals surface area (Å²) in [7, 11) is 0. The number of carboxylic acid groups (broad SMARTS) is 1. The summed E-state index contributed by atoms with van der Waals surface area (Å²) in [5, 5.41) is 11.5. The number of piperazine rings is 1. The lowest BCUT2D eigenvalue weighted by atomic mass is 9.76. The molecular formula is C18H23N4O3-. The van der Waals surface area contributed by atoms with Crippen LogP contribution in [0.5, 0.6) is 0 Å².